The van der Waals surface area contributed by atoms with Gasteiger partial charge in [0.2, 0.25) is 15.9 Å². The molecule has 2 aromatic carbocycles. The van der Waals surface area contributed by atoms with Crippen molar-refractivity contribution in [2.24, 2.45) is 0 Å². The Morgan fingerprint density at radius 1 is 1.08 bits per heavy atom. The highest BCUT2D eigenvalue weighted by Crippen LogP contribution is 2.11. The van der Waals surface area contributed by atoms with E-state index in [1.54, 1.807) is 36.4 Å². The fraction of sp³-hybridized carbons (Fsp3) is 0.222. The molecule has 0 heterocycles. The second kappa shape index (κ2) is 8.42. The summed E-state index contributed by atoms with van der Waals surface area (Å²) in [5.41, 5.74) is 2.44. The van der Waals surface area contributed by atoms with Gasteiger partial charge in [-0.2, -0.15) is 5.26 Å². The first-order valence-electron chi connectivity index (χ1n) is 7.73. The van der Waals surface area contributed by atoms with Crippen molar-refractivity contribution < 1.29 is 13.2 Å². The number of nitriles is 1. The van der Waals surface area contributed by atoms with Crippen molar-refractivity contribution in [2.45, 2.75) is 24.7 Å². The molecule has 0 aliphatic rings. The number of amides is 1. The lowest BCUT2D eigenvalue weighted by Gasteiger charge is -2.08. The van der Waals surface area contributed by atoms with Crippen molar-refractivity contribution in [3.63, 3.8) is 0 Å². The van der Waals surface area contributed by atoms with E-state index >= 15 is 0 Å². The lowest BCUT2D eigenvalue weighted by atomic mass is 10.1. The Hall–Kier alpha value is -2.69. The largest absolute Gasteiger partial charge is 0.326 e. The maximum Gasteiger partial charge on any atom is 0.240 e. The summed E-state index contributed by atoms with van der Waals surface area (Å²) in [6, 6.07) is 15.5. The number of carbonyl (C=O) groups is 1. The van der Waals surface area contributed by atoms with Gasteiger partial charge in [0.05, 0.1) is 17.4 Å². The molecule has 2 rings (SSSR count). The predicted molar refractivity (Wildman–Crippen MR) is 95.4 cm³/mol. The van der Waals surface area contributed by atoms with Gasteiger partial charge in [-0.05, 0) is 36.8 Å². The van der Waals surface area contributed by atoms with Crippen LogP contribution in [0.5, 0.6) is 0 Å². The molecule has 0 unspecified atom stereocenters. The van der Waals surface area contributed by atoms with Crippen molar-refractivity contribution in [2.75, 3.05) is 11.9 Å². The first-order chi connectivity index (χ1) is 11.9. The number of hydrogen-bond acceptors (Lipinski definition) is 4. The minimum atomic E-state index is -3.62. The molecule has 2 aromatic rings. The second-order valence-corrected chi connectivity index (χ2v) is 7.31. The zero-order valence-electron chi connectivity index (χ0n) is 13.8. The van der Waals surface area contributed by atoms with E-state index in [-0.39, 0.29) is 23.8 Å². The molecule has 130 valence electrons. The summed E-state index contributed by atoms with van der Waals surface area (Å²) < 4.78 is 26.6. The fourth-order valence-electron chi connectivity index (χ4n) is 2.12. The second-order valence-electron chi connectivity index (χ2n) is 5.54. The molecule has 7 heteroatoms. The normalized spacial score (nSPS) is 10.9. The third-order valence-electron chi connectivity index (χ3n) is 3.50. The fourth-order valence-corrected chi connectivity index (χ4v) is 3.15. The molecular weight excluding hydrogens is 338 g/mol. The average Bonchev–Trinajstić information content (AvgIpc) is 2.57. The summed E-state index contributed by atoms with van der Waals surface area (Å²) in [6.07, 6.45) is 0.333. The van der Waals surface area contributed by atoms with E-state index in [1.165, 1.54) is 12.1 Å². The van der Waals surface area contributed by atoms with Gasteiger partial charge in [-0.15, -0.1) is 0 Å². The molecule has 0 spiro atoms. The molecule has 0 saturated heterocycles. The van der Waals surface area contributed by atoms with E-state index in [9.17, 15) is 13.2 Å². The number of benzene rings is 2. The topological polar surface area (TPSA) is 99.1 Å². The van der Waals surface area contributed by atoms with Crippen molar-refractivity contribution in [3.8, 4) is 6.07 Å². The van der Waals surface area contributed by atoms with Gasteiger partial charge in [0.25, 0.3) is 0 Å². The lowest BCUT2D eigenvalue weighted by Crippen LogP contribution is -2.27. The summed E-state index contributed by atoms with van der Waals surface area (Å²) in [5.74, 6) is -0.292. The van der Waals surface area contributed by atoms with Crippen LogP contribution in [0.15, 0.2) is 53.4 Å². The van der Waals surface area contributed by atoms with Crippen LogP contribution < -0.4 is 10.0 Å². The Morgan fingerprint density at radius 2 is 1.72 bits per heavy atom. The number of rotatable bonds is 7. The highest BCUT2D eigenvalue weighted by molar-refractivity contribution is 7.89. The monoisotopic (exact) mass is 357 g/mol. The van der Waals surface area contributed by atoms with Crippen LogP contribution in [0.25, 0.3) is 0 Å². The molecule has 6 nitrogen and oxygen atoms in total. The van der Waals surface area contributed by atoms with Gasteiger partial charge in [-0.3, -0.25) is 4.79 Å². The van der Waals surface area contributed by atoms with E-state index in [2.05, 4.69) is 16.1 Å². The first-order valence-corrected chi connectivity index (χ1v) is 9.21. The van der Waals surface area contributed by atoms with Crippen LogP contribution in [0, 0.1) is 18.3 Å². The van der Waals surface area contributed by atoms with Crippen LogP contribution in [-0.2, 0) is 21.2 Å². The Morgan fingerprint density at radius 3 is 2.32 bits per heavy atom. The zero-order valence-corrected chi connectivity index (χ0v) is 14.6. The minimum Gasteiger partial charge on any atom is -0.326 e. The minimum absolute atomic E-state index is 0.00849. The van der Waals surface area contributed by atoms with Gasteiger partial charge in [-0.25, -0.2) is 13.1 Å². The molecule has 0 saturated carbocycles. The first kappa shape index (κ1) is 18.6. The van der Waals surface area contributed by atoms with Gasteiger partial charge in [0.1, 0.15) is 0 Å². The molecular formula is C18H19N3O3S. The van der Waals surface area contributed by atoms with Crippen molar-refractivity contribution in [1.29, 1.82) is 5.26 Å². The Labute approximate surface area is 147 Å². The van der Waals surface area contributed by atoms with Crippen LogP contribution in [0.1, 0.15) is 17.5 Å². The number of sulfonamides is 1. The average molecular weight is 357 g/mol. The molecule has 0 atom stereocenters. The SMILES string of the molecule is Cc1ccc(S(=O)(=O)NCCC(=O)Nc2ccc(CC#N)cc2)cc1. The number of anilines is 1. The maximum absolute atomic E-state index is 12.1. The summed E-state index contributed by atoms with van der Waals surface area (Å²) in [4.78, 5) is 12.1. The molecule has 2 N–H and O–H groups in total. The van der Waals surface area contributed by atoms with Gasteiger partial charge in [0.15, 0.2) is 0 Å². The van der Waals surface area contributed by atoms with E-state index < -0.39 is 10.0 Å². The molecule has 25 heavy (non-hydrogen) atoms. The van der Waals surface area contributed by atoms with Crippen LogP contribution >= 0.6 is 0 Å². The van der Waals surface area contributed by atoms with Crippen LogP contribution in [0.4, 0.5) is 5.69 Å². The lowest BCUT2D eigenvalue weighted by molar-refractivity contribution is -0.116. The summed E-state index contributed by atoms with van der Waals surface area (Å²) >= 11 is 0. The van der Waals surface area contributed by atoms with Crippen molar-refractivity contribution in [1.82, 2.24) is 4.72 Å². The van der Waals surface area contributed by atoms with Crippen molar-refractivity contribution >= 4 is 21.6 Å². The van der Waals surface area contributed by atoms with Crippen LogP contribution in [-0.4, -0.2) is 20.9 Å². The van der Waals surface area contributed by atoms with Gasteiger partial charge >= 0.3 is 0 Å². The molecule has 0 aromatic heterocycles. The standard InChI is InChI=1S/C18H19N3O3S/c1-14-2-8-17(9-3-14)25(23,24)20-13-11-18(22)21-16-6-4-15(5-7-16)10-12-19/h2-9,20H,10-11,13H2,1H3,(H,21,22). The summed E-state index contributed by atoms with van der Waals surface area (Å²) in [7, 11) is -3.62. The third kappa shape index (κ3) is 5.71. The van der Waals surface area contributed by atoms with Gasteiger partial charge in [0, 0.05) is 18.7 Å². The molecule has 0 radical (unpaired) electrons. The number of nitrogens with one attached hydrogen (secondary N) is 2. The number of aryl methyl sites for hydroxylation is 1. The highest BCUT2D eigenvalue weighted by atomic mass is 32.2. The van der Waals surface area contributed by atoms with Crippen LogP contribution in [0.2, 0.25) is 0 Å². The molecule has 0 bridgehead atoms. The Bertz CT molecular complexity index is 867. The number of nitrogens with zero attached hydrogens (tertiary/aromatic N) is 1. The third-order valence-corrected chi connectivity index (χ3v) is 4.97. The zero-order chi connectivity index (χ0) is 18.3. The maximum atomic E-state index is 12.1. The van der Waals surface area contributed by atoms with E-state index in [1.807, 2.05) is 6.92 Å². The van der Waals surface area contributed by atoms with Crippen LogP contribution in [0.3, 0.4) is 0 Å². The van der Waals surface area contributed by atoms with E-state index in [4.69, 9.17) is 5.26 Å². The Kier molecular flexibility index (Phi) is 6.28. The molecule has 1 amide bonds. The number of carbonyl (C=O) groups excluding carboxylic acids is 1. The highest BCUT2D eigenvalue weighted by Gasteiger charge is 2.13. The summed E-state index contributed by atoms with van der Waals surface area (Å²) in [6.45, 7) is 1.88. The molecule has 0 fully saturated rings. The quantitative estimate of drug-likeness (QED) is 0.794. The predicted octanol–water partition coefficient (Wildman–Crippen LogP) is 2.37. The molecule has 0 aliphatic heterocycles. The van der Waals surface area contributed by atoms with Gasteiger partial charge < -0.3 is 5.32 Å². The van der Waals surface area contributed by atoms with E-state index in [0.717, 1.165) is 11.1 Å². The van der Waals surface area contributed by atoms with E-state index in [0.29, 0.717) is 12.1 Å². The smallest absolute Gasteiger partial charge is 0.240 e. The molecule has 0 aliphatic carbocycles. The van der Waals surface area contributed by atoms with Crippen molar-refractivity contribution in [3.05, 3.63) is 59.7 Å². The number of hydrogen-bond donors (Lipinski definition) is 2. The van der Waals surface area contributed by atoms with Gasteiger partial charge in [-0.1, -0.05) is 29.8 Å². The summed E-state index contributed by atoms with van der Waals surface area (Å²) in [5, 5.41) is 11.3. The Balaban J connectivity index is 1.83.